The van der Waals surface area contributed by atoms with Gasteiger partial charge in [0.25, 0.3) is 0 Å². The van der Waals surface area contributed by atoms with E-state index in [1.54, 1.807) is 4.90 Å². The van der Waals surface area contributed by atoms with Gasteiger partial charge in [-0.2, -0.15) is 0 Å². The number of anilines is 1. The summed E-state index contributed by atoms with van der Waals surface area (Å²) in [5.74, 6) is -2.60. The van der Waals surface area contributed by atoms with Crippen LogP contribution in [0, 0.1) is 11.7 Å². The van der Waals surface area contributed by atoms with Crippen LogP contribution in [-0.2, 0) is 4.79 Å². The maximum absolute atomic E-state index is 13.9. The lowest BCUT2D eigenvalue weighted by molar-refractivity contribution is -0.121. The molecule has 1 aromatic carbocycles. The number of piperidine rings is 1. The van der Waals surface area contributed by atoms with E-state index < -0.39 is 11.8 Å². The van der Waals surface area contributed by atoms with Crippen LogP contribution in [0.5, 0.6) is 0 Å². The van der Waals surface area contributed by atoms with Gasteiger partial charge < -0.3 is 20.2 Å². The molecule has 0 aliphatic carbocycles. The minimum Gasteiger partial charge on any atom is -0.478 e. The van der Waals surface area contributed by atoms with E-state index in [9.17, 15) is 18.8 Å². The first-order chi connectivity index (χ1) is 12.5. The average Bonchev–Trinajstić information content (AvgIpc) is 3.17. The zero-order valence-electron chi connectivity index (χ0n) is 14.4. The second-order valence-corrected chi connectivity index (χ2v) is 6.73. The van der Waals surface area contributed by atoms with E-state index in [-0.39, 0.29) is 29.1 Å². The van der Waals surface area contributed by atoms with Crippen molar-refractivity contribution in [1.29, 1.82) is 0 Å². The number of urea groups is 1. The van der Waals surface area contributed by atoms with Crippen molar-refractivity contribution in [3.63, 3.8) is 0 Å². The fourth-order valence-corrected chi connectivity index (χ4v) is 3.43. The number of rotatable bonds is 3. The van der Waals surface area contributed by atoms with Crippen LogP contribution in [0.4, 0.5) is 14.9 Å². The van der Waals surface area contributed by atoms with Crippen molar-refractivity contribution in [2.45, 2.75) is 25.7 Å². The van der Waals surface area contributed by atoms with Gasteiger partial charge in [-0.1, -0.05) is 0 Å². The Balaban J connectivity index is 1.54. The number of nitrogens with zero attached hydrogens (tertiary/aromatic N) is 2. The number of likely N-dealkylation sites (tertiary alicyclic amines) is 2. The molecule has 2 aliphatic heterocycles. The summed E-state index contributed by atoms with van der Waals surface area (Å²) in [5.41, 5.74) is -0.204. The molecule has 0 saturated carbocycles. The number of aromatic carboxylic acids is 1. The maximum atomic E-state index is 13.9. The molecule has 0 radical (unpaired) electrons. The largest absolute Gasteiger partial charge is 0.478 e. The number of hydrogen-bond acceptors (Lipinski definition) is 3. The van der Waals surface area contributed by atoms with E-state index >= 15 is 0 Å². The first kappa shape index (κ1) is 18.2. The Labute approximate surface area is 150 Å². The number of amides is 3. The van der Waals surface area contributed by atoms with Gasteiger partial charge in [-0.3, -0.25) is 4.79 Å². The van der Waals surface area contributed by atoms with Gasteiger partial charge in [0.1, 0.15) is 5.82 Å². The first-order valence-corrected chi connectivity index (χ1v) is 8.83. The molecule has 0 unspecified atom stereocenters. The van der Waals surface area contributed by atoms with E-state index in [4.69, 9.17) is 5.11 Å². The fraction of sp³-hybridized carbons (Fsp3) is 0.500. The lowest BCUT2D eigenvalue weighted by atomic mass is 9.96. The molecular formula is C18H22FN3O4. The molecule has 0 atom stereocenters. The molecule has 7 nitrogen and oxygen atoms in total. The van der Waals surface area contributed by atoms with Gasteiger partial charge in [0.2, 0.25) is 5.91 Å². The van der Waals surface area contributed by atoms with Crippen molar-refractivity contribution in [1.82, 2.24) is 9.80 Å². The summed E-state index contributed by atoms with van der Waals surface area (Å²) < 4.78 is 13.9. The van der Waals surface area contributed by atoms with E-state index in [2.05, 4.69) is 5.32 Å². The van der Waals surface area contributed by atoms with Gasteiger partial charge in [-0.25, -0.2) is 14.0 Å². The van der Waals surface area contributed by atoms with Crippen LogP contribution in [0.15, 0.2) is 18.2 Å². The second-order valence-electron chi connectivity index (χ2n) is 6.73. The molecular weight excluding hydrogens is 341 g/mol. The number of benzene rings is 1. The average molecular weight is 363 g/mol. The fourth-order valence-electron chi connectivity index (χ4n) is 3.43. The molecule has 2 saturated heterocycles. The smallest absolute Gasteiger partial charge is 0.335 e. The lowest BCUT2D eigenvalue weighted by Crippen LogP contribution is -2.47. The van der Waals surface area contributed by atoms with Crippen molar-refractivity contribution in [2.75, 3.05) is 31.5 Å². The third-order valence-corrected chi connectivity index (χ3v) is 4.99. The number of carboxylic acid groups (broad SMARTS) is 1. The van der Waals surface area contributed by atoms with Crippen molar-refractivity contribution in [2.24, 2.45) is 5.92 Å². The topological polar surface area (TPSA) is 90.0 Å². The van der Waals surface area contributed by atoms with E-state index in [0.717, 1.165) is 32.0 Å². The number of hydrogen-bond donors (Lipinski definition) is 2. The minimum atomic E-state index is -1.23. The van der Waals surface area contributed by atoms with Crippen LogP contribution in [0.3, 0.4) is 0 Å². The van der Waals surface area contributed by atoms with Crippen LogP contribution in [0.1, 0.15) is 36.0 Å². The number of carbonyl (C=O) groups is 3. The summed E-state index contributed by atoms with van der Waals surface area (Å²) in [7, 11) is 0. The molecule has 3 amide bonds. The molecule has 0 bridgehead atoms. The van der Waals surface area contributed by atoms with Gasteiger partial charge >= 0.3 is 12.0 Å². The third-order valence-electron chi connectivity index (χ3n) is 4.99. The molecule has 0 aromatic heterocycles. The van der Waals surface area contributed by atoms with Crippen LogP contribution in [0.25, 0.3) is 0 Å². The third kappa shape index (κ3) is 3.95. The quantitative estimate of drug-likeness (QED) is 0.863. The summed E-state index contributed by atoms with van der Waals surface area (Å²) in [6, 6.07) is 3.42. The van der Waals surface area contributed by atoms with Crippen LogP contribution >= 0.6 is 0 Å². The van der Waals surface area contributed by atoms with Crippen LogP contribution < -0.4 is 5.32 Å². The van der Waals surface area contributed by atoms with Crippen LogP contribution in [0.2, 0.25) is 0 Å². The lowest BCUT2D eigenvalue weighted by Gasteiger charge is -2.34. The van der Waals surface area contributed by atoms with E-state index in [0.29, 0.717) is 25.9 Å². The Bertz CT molecular complexity index is 710. The van der Waals surface area contributed by atoms with Crippen molar-refractivity contribution < 1.29 is 23.9 Å². The predicted octanol–water partition coefficient (Wildman–Crippen LogP) is 2.39. The maximum Gasteiger partial charge on any atom is 0.335 e. The Morgan fingerprint density at radius 1 is 1.04 bits per heavy atom. The van der Waals surface area contributed by atoms with Gasteiger partial charge in [0.05, 0.1) is 11.3 Å². The number of nitrogens with one attached hydrogen (secondary N) is 1. The van der Waals surface area contributed by atoms with Gasteiger partial charge in [-0.15, -0.1) is 0 Å². The Morgan fingerprint density at radius 3 is 2.23 bits per heavy atom. The molecule has 2 N–H and O–H groups in total. The molecule has 1 aromatic rings. The minimum absolute atomic E-state index is 0.0319. The normalized spacial score (nSPS) is 18.0. The number of carbonyl (C=O) groups excluding carboxylic acids is 2. The highest BCUT2D eigenvalue weighted by molar-refractivity contribution is 5.94. The monoisotopic (exact) mass is 363 g/mol. The van der Waals surface area contributed by atoms with E-state index in [1.807, 2.05) is 4.90 Å². The summed E-state index contributed by atoms with van der Waals surface area (Å²) in [4.78, 5) is 39.2. The van der Waals surface area contributed by atoms with Crippen molar-refractivity contribution in [3.05, 3.63) is 29.6 Å². The Morgan fingerprint density at radius 2 is 1.65 bits per heavy atom. The molecule has 2 aliphatic rings. The highest BCUT2D eigenvalue weighted by Gasteiger charge is 2.30. The zero-order chi connectivity index (χ0) is 18.7. The molecule has 140 valence electrons. The highest BCUT2D eigenvalue weighted by Crippen LogP contribution is 2.23. The molecule has 2 heterocycles. The molecule has 3 rings (SSSR count). The van der Waals surface area contributed by atoms with Crippen molar-refractivity contribution >= 4 is 23.6 Å². The van der Waals surface area contributed by atoms with Crippen LogP contribution in [-0.4, -0.2) is 59.0 Å². The second kappa shape index (κ2) is 7.72. The Kier molecular flexibility index (Phi) is 5.39. The van der Waals surface area contributed by atoms with E-state index in [1.165, 1.54) is 12.1 Å². The van der Waals surface area contributed by atoms with Gasteiger partial charge in [-0.05, 0) is 43.9 Å². The number of halogens is 1. The molecule has 0 spiro atoms. The summed E-state index contributed by atoms with van der Waals surface area (Å²) >= 11 is 0. The van der Waals surface area contributed by atoms with Gasteiger partial charge in [0.15, 0.2) is 0 Å². The zero-order valence-corrected chi connectivity index (χ0v) is 14.4. The molecule has 2 fully saturated rings. The van der Waals surface area contributed by atoms with Crippen molar-refractivity contribution in [3.8, 4) is 0 Å². The molecule has 8 heteroatoms. The first-order valence-electron chi connectivity index (χ1n) is 8.83. The summed E-state index contributed by atoms with van der Waals surface area (Å²) in [6.45, 7) is 2.61. The Hall–Kier alpha value is -2.64. The molecule has 26 heavy (non-hydrogen) atoms. The standard InChI is InChI=1S/C18H22FN3O4/c19-14-11-13(17(24)25)3-4-15(14)20-16(23)12-5-9-22(10-6-12)18(26)21-7-1-2-8-21/h3-4,11-12H,1-2,5-10H2,(H,20,23)(H,24,25). The SMILES string of the molecule is O=C(O)c1ccc(NC(=O)C2CCN(C(=O)N3CCCC3)CC2)c(F)c1. The number of carboxylic acids is 1. The van der Waals surface area contributed by atoms with Gasteiger partial charge in [0, 0.05) is 32.1 Å². The predicted molar refractivity (Wildman–Crippen MR) is 92.5 cm³/mol. The summed E-state index contributed by atoms with van der Waals surface area (Å²) in [5, 5.41) is 11.4. The highest BCUT2D eigenvalue weighted by atomic mass is 19.1. The summed E-state index contributed by atoms with van der Waals surface area (Å²) in [6.07, 6.45) is 3.13.